The Labute approximate surface area is 910 Å². The van der Waals surface area contributed by atoms with Crippen LogP contribution in [-0.4, -0.2) is 122 Å². The fraction of sp³-hybridized carbons (Fsp3) is 0.926. The van der Waals surface area contributed by atoms with Gasteiger partial charge in [-0.15, -0.1) is 0 Å². The SMILES string of the molecule is CC[C@]1(O)CC[C@@]2(C)C(=CC[C@H]3[C@@H]4CC[C@H]([C@H](C)CC[C@@H](O)C(C)C)[C@@]4(C)CC(=O)[C@@H]32)C1.C[C@H](CCC(C)(C)C)[C@H]1CC[C@H]2[C@@H]3CC=C4C[C@@H](O)CC[C@]4(C)[C@H]3C(=O)C[C@]12C.C[C@H](CCC(C)(C)C)[C@H]1CC[C@H]2[C@@H]3CC=C4C[C@@H](O)CC[C@]4(C)[C@H]3[C@@H](O)C[C@]12C.C[C@H](CCC(C)(C)O)[C@H]1CC[C@H]2[C@@H]3CC[C@H]4C[C@@H](O)CC[C@]4(C)[C@H]3C(=O)C[C@]12C.C[C@H](CCC(C)(C)O)[C@H]1CC[C@H]2[C@@H]3CC[C@H]4C[C@@](C)(O)CC[C@]4(C)[C@H]3C(=O)C[C@]12C. The molecule has 0 bridgehead atoms. The van der Waals surface area contributed by atoms with Gasteiger partial charge < -0.3 is 46.0 Å². The third-order valence-corrected chi connectivity index (χ3v) is 51.9. The molecule has 0 aromatic carbocycles. The van der Waals surface area contributed by atoms with E-state index in [1.165, 1.54) is 132 Å². The number of rotatable bonds is 20. The highest BCUT2D eigenvalue weighted by molar-refractivity contribution is 5.87. The van der Waals surface area contributed by atoms with Crippen LogP contribution in [0, 0.1) is 231 Å². The molecule has 0 spiro atoms. The van der Waals surface area contributed by atoms with Gasteiger partial charge in [0.25, 0.3) is 0 Å². The summed E-state index contributed by atoms with van der Waals surface area (Å²) in [6, 6.07) is 0. The number of hydrogen-bond donors (Lipinski definition) is 9. The summed E-state index contributed by atoms with van der Waals surface area (Å²) < 4.78 is 0. The maximum Gasteiger partial charge on any atom is 0.137 e. The van der Waals surface area contributed by atoms with E-state index in [1.807, 2.05) is 34.6 Å². The number of allylic oxidation sites excluding steroid dienone is 3. The quantitative estimate of drug-likeness (QED) is 0.0515. The molecular weight excluding hydrogens is 1840 g/mol. The zero-order chi connectivity index (χ0) is 109. The van der Waals surface area contributed by atoms with Crippen molar-refractivity contribution in [1.82, 2.24) is 0 Å². The molecule has 0 unspecified atom stereocenters. The second kappa shape index (κ2) is 43.4. The Kier molecular flexibility index (Phi) is 34.7. The van der Waals surface area contributed by atoms with Gasteiger partial charge in [0.05, 0.1) is 52.9 Å². The smallest absolute Gasteiger partial charge is 0.137 e. The lowest BCUT2D eigenvalue weighted by Crippen LogP contribution is -2.59. The summed E-state index contributed by atoms with van der Waals surface area (Å²) >= 11 is 0. The number of aliphatic hydroxyl groups excluding tert-OH is 5. The van der Waals surface area contributed by atoms with Gasteiger partial charge in [-0.3, -0.25) is 19.2 Å². The van der Waals surface area contributed by atoms with Gasteiger partial charge in [-0.25, -0.2) is 0 Å². The molecule has 0 saturated heterocycles. The molecule has 149 heavy (non-hydrogen) atoms. The minimum Gasteiger partial charge on any atom is -0.393 e. The highest BCUT2D eigenvalue weighted by atomic mass is 16.3. The number of aliphatic hydroxyl groups is 9. The molecule has 17 fully saturated rings. The first-order chi connectivity index (χ1) is 69.1. The Morgan fingerprint density at radius 1 is 0.336 bits per heavy atom. The van der Waals surface area contributed by atoms with Gasteiger partial charge in [-0.1, -0.05) is 201 Å². The Bertz CT molecular complexity index is 4750. The summed E-state index contributed by atoms with van der Waals surface area (Å²) in [6.45, 7) is 66.3. The van der Waals surface area contributed by atoms with Crippen LogP contribution in [0.2, 0.25) is 0 Å². The number of ketones is 4. The maximum absolute atomic E-state index is 13.9. The lowest BCUT2D eigenvalue weighted by molar-refractivity contribution is -0.168. The van der Waals surface area contributed by atoms with E-state index in [-0.39, 0.29) is 103 Å². The van der Waals surface area contributed by atoms with E-state index in [0.29, 0.717) is 164 Å². The van der Waals surface area contributed by atoms with Gasteiger partial charge >= 0.3 is 0 Å². The molecule has 0 amide bonds. The molecular formula is C136H228O13. The fourth-order valence-electron chi connectivity index (χ4n) is 43.5. The molecule has 0 aromatic rings. The van der Waals surface area contributed by atoms with E-state index < -0.39 is 22.4 Å². The van der Waals surface area contributed by atoms with Crippen molar-refractivity contribution in [3.05, 3.63) is 34.9 Å². The Morgan fingerprint density at radius 3 is 1.11 bits per heavy atom. The van der Waals surface area contributed by atoms with Crippen LogP contribution in [0.3, 0.4) is 0 Å². The van der Waals surface area contributed by atoms with Crippen LogP contribution in [0.4, 0.5) is 0 Å². The minimum absolute atomic E-state index is 0.0104. The third-order valence-electron chi connectivity index (χ3n) is 51.9. The largest absolute Gasteiger partial charge is 0.393 e. The predicted molar refractivity (Wildman–Crippen MR) is 607 cm³/mol. The van der Waals surface area contributed by atoms with Crippen molar-refractivity contribution >= 4 is 23.1 Å². The average molecular weight is 2070 g/mol. The third kappa shape index (κ3) is 22.8. The Hall–Kier alpha value is -2.46. The number of carbonyl (C=O) groups is 4. The van der Waals surface area contributed by atoms with Gasteiger partial charge in [0.2, 0.25) is 0 Å². The van der Waals surface area contributed by atoms with Crippen molar-refractivity contribution in [2.75, 3.05) is 0 Å². The minimum atomic E-state index is -0.601. The molecule has 13 nitrogen and oxygen atoms in total. The summed E-state index contributed by atoms with van der Waals surface area (Å²) in [5.74, 6) is 17.3. The van der Waals surface area contributed by atoms with Crippen LogP contribution in [0.5, 0.6) is 0 Å². The first-order valence-electron chi connectivity index (χ1n) is 63.6. The summed E-state index contributed by atoms with van der Waals surface area (Å²) in [4.78, 5) is 55.1. The standard InChI is InChI=1S/C29H48O3.C27H46O3.C27H46O2.C27H44O2.C26H44O3/c1-7-29(32)15-14-27(5)20(16-29)9-10-21-23-12-11-22(19(4)8-13-24(30)18(2)3)28(23,6)17-25(31)26(21)27;1-17(11-12-24(2,3)29)20-9-10-21-19-8-7-18-15-25(4,30)13-14-26(18,5)23(19)22(28)16-27(20,21)6;2*1-17(11-13-25(2,3)4)21-9-10-22-20-8-7-18-15-19(28)12-14-26(18,5)24(20)23(29)16-27(21,22)6;1-16(10-12-24(2,3)29)20-8-9-21-19-7-6-17-14-18(27)11-13-25(17,4)23(19)22(28)15-26(20,21)5/h9,18-19,21-24,26,30,32H,7-8,10-17H2,1-6H3;17-21,23,29-30H,7-16H2,1-6H3;7,17,19-24,28-29H,8-16H2,1-6H3;7,17,19-22,24,28H,8-16H2,1-6H3;16-21,23,27,29H,6-15H2,1-5H3/t19-,21+,22-,23+,24-,26-,27+,28-,29+;17-,18+,19+,20-,21+,23-,25+,26+,27-;17-,19+,20+,21-,22+,23+,24-,26+,27-;17-,19+,20+,21-,22+,24-,26+,27-;16-,17+,18+,19+,20-,21+,23-,25+,26-/m11111/s1. The van der Waals surface area contributed by atoms with Gasteiger partial charge in [0, 0.05) is 49.4 Å². The molecule has 20 aliphatic rings. The molecule has 0 aliphatic heterocycles. The number of Topliss-reactive ketones (excluding diaryl/α,β-unsaturated/α-hetero) is 4. The summed E-state index contributed by atoms with van der Waals surface area (Å²) in [5.41, 5.74) is 3.89. The molecule has 17 saturated carbocycles. The molecule has 0 heterocycles. The topological polar surface area (TPSA) is 250 Å². The summed E-state index contributed by atoms with van der Waals surface area (Å²) in [5, 5.41) is 94.5. The van der Waals surface area contributed by atoms with Crippen LogP contribution in [0.1, 0.15) is 509 Å². The average Bonchev–Trinajstić information content (AvgIpc) is 1.69. The van der Waals surface area contributed by atoms with Crippen molar-refractivity contribution in [2.24, 2.45) is 231 Å². The molecule has 0 radical (unpaired) electrons. The number of hydrogen-bond acceptors (Lipinski definition) is 13. The summed E-state index contributed by atoms with van der Waals surface area (Å²) in [7, 11) is 0. The first kappa shape index (κ1) is 119. The van der Waals surface area contributed by atoms with E-state index in [9.17, 15) is 65.1 Å². The summed E-state index contributed by atoms with van der Waals surface area (Å²) in [6.07, 6.45) is 56.6. The first-order valence-corrected chi connectivity index (χ1v) is 63.6. The monoisotopic (exact) mass is 2070 g/mol. The maximum atomic E-state index is 13.9. The zero-order valence-corrected chi connectivity index (χ0v) is 101. The van der Waals surface area contributed by atoms with Crippen LogP contribution in [0.15, 0.2) is 34.9 Å². The Morgan fingerprint density at radius 2 is 0.691 bits per heavy atom. The van der Waals surface area contributed by atoms with E-state index >= 15 is 0 Å². The van der Waals surface area contributed by atoms with Crippen molar-refractivity contribution in [3.8, 4) is 0 Å². The highest BCUT2D eigenvalue weighted by Crippen LogP contribution is 2.75. The van der Waals surface area contributed by atoms with Crippen LogP contribution < -0.4 is 0 Å². The predicted octanol–water partition coefficient (Wildman–Crippen LogP) is 30.4. The van der Waals surface area contributed by atoms with Gasteiger partial charge in [0.15, 0.2) is 0 Å². The normalized spacial score (nSPS) is 47.6. The van der Waals surface area contributed by atoms with Crippen molar-refractivity contribution in [2.45, 2.75) is 562 Å². The molecule has 44 atom stereocenters. The second-order valence-electron chi connectivity index (χ2n) is 65.1. The van der Waals surface area contributed by atoms with Gasteiger partial charge in [0.1, 0.15) is 23.1 Å². The van der Waals surface area contributed by atoms with E-state index in [2.05, 4.69) is 184 Å². The molecule has 9 N–H and O–H groups in total. The number of fused-ring (bicyclic) bond motifs is 25. The van der Waals surface area contributed by atoms with Crippen LogP contribution in [0.25, 0.3) is 0 Å². The second-order valence-corrected chi connectivity index (χ2v) is 65.1. The van der Waals surface area contributed by atoms with Crippen molar-refractivity contribution in [1.29, 1.82) is 0 Å². The lowest BCUT2D eigenvalue weighted by atomic mass is 9.43. The number of carbonyl (C=O) groups excluding carboxylic acids is 4. The van der Waals surface area contributed by atoms with E-state index in [0.717, 1.165) is 210 Å². The van der Waals surface area contributed by atoms with Gasteiger partial charge in [-0.2, -0.15) is 0 Å². The van der Waals surface area contributed by atoms with Crippen LogP contribution >= 0.6 is 0 Å². The van der Waals surface area contributed by atoms with E-state index in [4.69, 9.17) is 0 Å². The Balaban J connectivity index is 0.000000133. The molecule has 20 aliphatic carbocycles. The molecule has 13 heteroatoms. The highest BCUT2D eigenvalue weighted by Gasteiger charge is 2.71. The molecule has 20 rings (SSSR count). The zero-order valence-electron chi connectivity index (χ0n) is 101. The van der Waals surface area contributed by atoms with Crippen LogP contribution in [-0.2, 0) is 19.2 Å². The fourth-order valence-corrected chi connectivity index (χ4v) is 43.5. The molecule has 850 valence electrons. The van der Waals surface area contributed by atoms with Crippen molar-refractivity contribution in [3.63, 3.8) is 0 Å². The molecule has 0 aromatic heterocycles. The van der Waals surface area contributed by atoms with E-state index in [1.54, 1.807) is 0 Å². The van der Waals surface area contributed by atoms with Crippen molar-refractivity contribution < 1.29 is 65.1 Å². The van der Waals surface area contributed by atoms with Gasteiger partial charge in [-0.05, 0) is 524 Å². The lowest BCUT2D eigenvalue weighted by Gasteiger charge is -2.61.